The van der Waals surface area contributed by atoms with Crippen molar-refractivity contribution >= 4 is 125 Å². The van der Waals surface area contributed by atoms with Gasteiger partial charge in [-0.15, -0.1) is 16.4 Å². The number of hydrogen-bond acceptors (Lipinski definition) is 3. The Labute approximate surface area is 469 Å². The lowest BCUT2D eigenvalue weighted by molar-refractivity contribution is 1.07. The molecule has 1 aromatic heterocycles. The number of hydrogen-bond donors (Lipinski definition) is 0. The molecule has 0 N–H and O–H groups in total. The molecule has 0 amide bonds. The normalized spacial score (nSPS) is 11.4. The summed E-state index contributed by atoms with van der Waals surface area (Å²) in [5.74, 6) is 1.65. The van der Waals surface area contributed by atoms with Gasteiger partial charge in [0.2, 0.25) is 0 Å². The summed E-state index contributed by atoms with van der Waals surface area (Å²) in [5, 5.41) is 5.04. The van der Waals surface area contributed by atoms with Gasteiger partial charge in [-0.2, -0.15) is 0 Å². The van der Waals surface area contributed by atoms with Crippen LogP contribution in [0.1, 0.15) is 0 Å². The second kappa shape index (κ2) is 20.4. The van der Waals surface area contributed by atoms with Crippen molar-refractivity contribution in [1.29, 1.82) is 0 Å². The topological polar surface area (TPSA) is 38.7 Å². The van der Waals surface area contributed by atoms with Crippen molar-refractivity contribution in [3.63, 3.8) is 0 Å². The van der Waals surface area contributed by atoms with Crippen molar-refractivity contribution in [3.05, 3.63) is 231 Å². The summed E-state index contributed by atoms with van der Waals surface area (Å²) in [6.45, 7) is 0. The van der Waals surface area contributed by atoms with E-state index in [4.69, 9.17) is 69.9 Å². The van der Waals surface area contributed by atoms with Gasteiger partial charge < -0.3 is 0 Å². The van der Waals surface area contributed by atoms with E-state index in [0.717, 1.165) is 99.4 Å². The van der Waals surface area contributed by atoms with Crippen molar-refractivity contribution in [2.24, 2.45) is 0 Å². The Morgan fingerprint density at radius 2 is 0.608 bits per heavy atom. The summed E-state index contributed by atoms with van der Waals surface area (Å²) < 4.78 is 0. The SMILES string of the molecule is [B]c1c([B])c([B])c2c(-c3ccc4cc(-c5cc(-c6nc(-c7ccc8ccc(-c9ccccc9)cc8c7)nc(-c7ccccc7-c7cccc(-c8ccccc8)c7)n6)ccc5-c5ccccc5)ccc4c3)c([B])c([B])c([B])c2c1[B]. The molecule has 10 heteroatoms. The molecule has 13 aromatic rings. The summed E-state index contributed by atoms with van der Waals surface area (Å²) >= 11 is 0. The van der Waals surface area contributed by atoms with Crippen molar-refractivity contribution in [2.45, 2.75) is 0 Å². The second-order valence-electron chi connectivity index (χ2n) is 19.9. The first-order valence-electron chi connectivity index (χ1n) is 25.9. The first kappa shape index (κ1) is 49.5. The highest BCUT2D eigenvalue weighted by Crippen LogP contribution is 2.40. The van der Waals surface area contributed by atoms with Gasteiger partial charge in [0.1, 0.15) is 54.9 Å². The van der Waals surface area contributed by atoms with E-state index < -0.39 is 0 Å². The highest BCUT2D eigenvalue weighted by Gasteiger charge is 2.21. The Morgan fingerprint density at radius 1 is 0.203 bits per heavy atom. The van der Waals surface area contributed by atoms with Crippen LogP contribution in [0.2, 0.25) is 0 Å². The highest BCUT2D eigenvalue weighted by atomic mass is 15.0. The Balaban J connectivity index is 0.975. The number of fused-ring (bicyclic) bond motifs is 3. The molecule has 3 nitrogen and oxygen atoms in total. The van der Waals surface area contributed by atoms with Crippen LogP contribution in [0.5, 0.6) is 0 Å². The molecule has 0 atom stereocenters. The van der Waals surface area contributed by atoms with E-state index >= 15 is 0 Å². The maximum absolute atomic E-state index is 6.77. The Hall–Kier alpha value is -9.12. The van der Waals surface area contributed by atoms with Crippen LogP contribution in [0.3, 0.4) is 0 Å². The van der Waals surface area contributed by atoms with Crippen LogP contribution < -0.4 is 38.2 Å². The van der Waals surface area contributed by atoms with Gasteiger partial charge in [0.25, 0.3) is 0 Å². The number of nitrogens with zero attached hydrogens (tertiary/aromatic N) is 3. The zero-order valence-corrected chi connectivity index (χ0v) is 42.8. The Morgan fingerprint density at radius 3 is 1.27 bits per heavy atom. The molecule has 0 aliphatic rings. The Kier molecular flexibility index (Phi) is 12.7. The van der Waals surface area contributed by atoms with Crippen LogP contribution in [-0.4, -0.2) is 69.9 Å². The molecule has 0 spiro atoms. The molecule has 0 saturated heterocycles. The highest BCUT2D eigenvalue weighted by molar-refractivity contribution is 6.71. The third-order valence-corrected chi connectivity index (χ3v) is 15.1. The minimum Gasteiger partial charge on any atom is -0.208 e. The fraction of sp³-hybridized carbons (Fsp3) is 0. The van der Waals surface area contributed by atoms with Gasteiger partial charge in [-0.05, 0) is 135 Å². The molecule has 0 aliphatic heterocycles. The zero-order valence-electron chi connectivity index (χ0n) is 42.8. The largest absolute Gasteiger partial charge is 0.208 e. The molecule has 0 saturated carbocycles. The lowest BCUT2D eigenvalue weighted by Crippen LogP contribution is -2.52. The van der Waals surface area contributed by atoms with E-state index in [-0.39, 0.29) is 38.2 Å². The minimum absolute atomic E-state index is 0.141. The minimum atomic E-state index is 0.141. The molecule has 79 heavy (non-hydrogen) atoms. The van der Waals surface area contributed by atoms with Crippen LogP contribution in [-0.2, 0) is 0 Å². The molecule has 0 fully saturated rings. The molecule has 0 aliphatic carbocycles. The molecular formula is C69H38B7N3. The molecule has 13 rings (SSSR count). The average molecular weight is 985 g/mol. The lowest BCUT2D eigenvalue weighted by Gasteiger charge is -2.25. The molecule has 12 aromatic carbocycles. The van der Waals surface area contributed by atoms with E-state index in [1.165, 1.54) is 0 Å². The lowest BCUT2D eigenvalue weighted by atomic mass is 9.59. The first-order valence-corrected chi connectivity index (χ1v) is 25.9. The predicted octanol–water partition coefficient (Wildman–Crippen LogP) is 9.89. The summed E-state index contributed by atoms with van der Waals surface area (Å²) in [4.78, 5) is 16.1. The maximum atomic E-state index is 6.77. The third-order valence-electron chi connectivity index (χ3n) is 15.1. The van der Waals surface area contributed by atoms with E-state index in [1.807, 2.05) is 30.3 Å². The van der Waals surface area contributed by atoms with E-state index in [1.54, 1.807) is 0 Å². The number of benzene rings is 12. The van der Waals surface area contributed by atoms with Gasteiger partial charge in [0.15, 0.2) is 17.5 Å². The molecule has 350 valence electrons. The fourth-order valence-electron chi connectivity index (χ4n) is 11.0. The fourth-order valence-corrected chi connectivity index (χ4v) is 11.0. The molecule has 14 radical (unpaired) electrons. The standard InChI is InChI=1S/C69H38B7N3/c70-60-57(58-59(62(72)64(60)74)63(73)66(76)65(75)61(58)71)49-29-27-45-34-48(28-26-46(45)35-49)56-38-51(31-32-54(56)42-17-8-3-9-18-42)68-77-67(50-30-24-41-23-25-44(36-52(41)37-50)40-15-6-2-7-16-40)78-69(79-68)55-22-11-10-21-53(55)47-20-12-19-43(33-47)39-13-4-1-5-14-39/h1-38H. The van der Waals surface area contributed by atoms with Crippen LogP contribution in [0.4, 0.5) is 0 Å². The summed E-state index contributed by atoms with van der Waals surface area (Å²) in [6.07, 6.45) is 0. The van der Waals surface area contributed by atoms with Gasteiger partial charge in [-0.25, -0.2) is 15.0 Å². The number of rotatable bonds is 9. The van der Waals surface area contributed by atoms with Crippen molar-refractivity contribution in [3.8, 4) is 101 Å². The average Bonchev–Trinajstić information content (AvgIpc) is 3.67. The molecule has 0 bridgehead atoms. The smallest absolute Gasteiger partial charge is 0.164 e. The van der Waals surface area contributed by atoms with Gasteiger partial charge >= 0.3 is 0 Å². The predicted molar refractivity (Wildman–Crippen MR) is 339 cm³/mol. The van der Waals surface area contributed by atoms with Crippen LogP contribution in [0.15, 0.2) is 231 Å². The quantitative estimate of drug-likeness (QED) is 0.135. The van der Waals surface area contributed by atoms with E-state index in [9.17, 15) is 0 Å². The van der Waals surface area contributed by atoms with Crippen molar-refractivity contribution in [2.75, 3.05) is 0 Å². The van der Waals surface area contributed by atoms with Crippen LogP contribution >= 0.6 is 0 Å². The summed E-state index contributed by atoms with van der Waals surface area (Å²) in [7, 11) is 45.7. The Bertz CT molecular complexity index is 4560. The monoisotopic (exact) mass is 985 g/mol. The molecular weight excluding hydrogens is 946 g/mol. The molecule has 0 unspecified atom stereocenters. The van der Waals surface area contributed by atoms with E-state index in [0.29, 0.717) is 33.8 Å². The second-order valence-corrected chi connectivity index (χ2v) is 19.9. The van der Waals surface area contributed by atoms with Crippen molar-refractivity contribution in [1.82, 2.24) is 15.0 Å². The third kappa shape index (κ3) is 9.02. The van der Waals surface area contributed by atoms with E-state index in [2.05, 4.69) is 200 Å². The maximum Gasteiger partial charge on any atom is 0.164 e. The van der Waals surface area contributed by atoms with Crippen LogP contribution in [0, 0.1) is 0 Å². The van der Waals surface area contributed by atoms with Gasteiger partial charge in [0.05, 0.1) is 0 Å². The van der Waals surface area contributed by atoms with Gasteiger partial charge in [0, 0.05) is 16.7 Å². The molecule has 1 heterocycles. The summed E-state index contributed by atoms with van der Waals surface area (Å²) in [6, 6.07) is 80.2. The van der Waals surface area contributed by atoms with Gasteiger partial charge in [-0.1, -0.05) is 216 Å². The zero-order chi connectivity index (χ0) is 53.9. The van der Waals surface area contributed by atoms with Crippen molar-refractivity contribution < 1.29 is 0 Å². The van der Waals surface area contributed by atoms with Gasteiger partial charge in [-0.3, -0.25) is 0 Å². The van der Waals surface area contributed by atoms with Crippen LogP contribution in [0.25, 0.3) is 133 Å². The summed E-state index contributed by atoms with van der Waals surface area (Å²) in [5.41, 5.74) is 16.0. The number of aromatic nitrogens is 3. The first-order chi connectivity index (χ1) is 38.6.